The fourth-order valence-corrected chi connectivity index (χ4v) is 3.42. The summed E-state index contributed by atoms with van der Waals surface area (Å²) in [6.07, 6.45) is 1.18. The summed E-state index contributed by atoms with van der Waals surface area (Å²) >= 11 is 0. The Labute approximate surface area is 148 Å². The summed E-state index contributed by atoms with van der Waals surface area (Å²) in [7, 11) is 0. The third-order valence-electron chi connectivity index (χ3n) is 4.86. The first-order chi connectivity index (χ1) is 12.5. The van der Waals surface area contributed by atoms with Crippen LogP contribution < -0.4 is 11.0 Å². The molecular formula is C15H21FN6O4. The molecule has 2 fully saturated rings. The second kappa shape index (κ2) is 7.58. The molecule has 1 aromatic heterocycles. The quantitative estimate of drug-likeness (QED) is 0.405. The topological polar surface area (TPSA) is 145 Å². The normalized spacial score (nSPS) is 32.2. The third-order valence-corrected chi connectivity index (χ3v) is 4.86. The zero-order valence-corrected chi connectivity index (χ0v) is 14.0. The van der Waals surface area contributed by atoms with Gasteiger partial charge in [-0.1, -0.05) is 24.4 Å². The van der Waals surface area contributed by atoms with E-state index in [1.807, 2.05) is 0 Å². The minimum atomic E-state index is -2.18. The number of rotatable bonds is 5. The largest absolute Gasteiger partial charge is 0.393 e. The van der Waals surface area contributed by atoms with Crippen LogP contribution in [-0.4, -0.2) is 50.4 Å². The number of halogens is 1. The first-order valence-electron chi connectivity index (χ1n) is 8.53. The van der Waals surface area contributed by atoms with E-state index in [9.17, 15) is 19.4 Å². The number of anilines is 1. The number of hydrogen-bond donors (Lipinski definition) is 3. The predicted octanol–water partition coefficient (Wildman–Crippen LogP) is 1.21. The van der Waals surface area contributed by atoms with Crippen molar-refractivity contribution in [3.8, 4) is 0 Å². The lowest BCUT2D eigenvalue weighted by molar-refractivity contribution is -0.124. The average Bonchev–Trinajstić information content (AvgIpc) is 2.89. The van der Waals surface area contributed by atoms with Crippen LogP contribution in [-0.2, 0) is 4.74 Å². The van der Waals surface area contributed by atoms with Crippen molar-refractivity contribution < 1.29 is 19.3 Å². The molecule has 0 amide bonds. The molecule has 3 N–H and O–H groups in total. The summed E-state index contributed by atoms with van der Waals surface area (Å²) in [5.41, 5.74) is 5.61. The van der Waals surface area contributed by atoms with Gasteiger partial charge in [0, 0.05) is 17.2 Å². The van der Waals surface area contributed by atoms with E-state index in [2.05, 4.69) is 20.3 Å². The molecule has 1 aromatic rings. The minimum Gasteiger partial charge on any atom is -0.393 e. The van der Waals surface area contributed by atoms with E-state index in [-0.39, 0.29) is 6.04 Å². The number of alkyl halides is 1. The van der Waals surface area contributed by atoms with Gasteiger partial charge in [-0.25, -0.2) is 9.18 Å². The molecule has 1 unspecified atom stereocenters. The van der Waals surface area contributed by atoms with E-state index >= 15 is 0 Å². The number of nitrogens with one attached hydrogen (secondary N) is 1. The Kier molecular flexibility index (Phi) is 5.42. The molecule has 1 saturated heterocycles. The van der Waals surface area contributed by atoms with Crippen molar-refractivity contribution in [2.45, 2.75) is 62.4 Å². The number of hydrogen-bond acceptors (Lipinski definition) is 7. The molecular weight excluding hydrogens is 347 g/mol. The molecule has 2 aliphatic rings. The van der Waals surface area contributed by atoms with Crippen molar-refractivity contribution in [3.05, 3.63) is 33.2 Å². The standard InChI is InChI=1S/C15H21FN6O4/c16-11-12(24)15(8-23,20-21-17)26-13(11)22-7-6-10(19-14(22)25)18-9-4-2-1-3-5-9/h6-7,9,11-13,23-24H,1-5,8H2,(H,18,19,25)/t11-,12-,13+,15?/m0/s1. The number of aromatic nitrogens is 2. The van der Waals surface area contributed by atoms with Gasteiger partial charge in [0.05, 0.1) is 6.61 Å². The SMILES string of the molecule is [N-]=[N+]=NC1(CO)O[C@@H](n2ccc(NC3CCCCC3)nc2=O)[C@@H](F)[C@@H]1O. The highest BCUT2D eigenvalue weighted by atomic mass is 19.1. The van der Waals surface area contributed by atoms with Crippen LogP contribution in [0.2, 0.25) is 0 Å². The lowest BCUT2D eigenvalue weighted by atomic mass is 9.95. The van der Waals surface area contributed by atoms with E-state index in [0.29, 0.717) is 5.82 Å². The highest BCUT2D eigenvalue weighted by Crippen LogP contribution is 2.39. The molecule has 1 aliphatic heterocycles. The molecule has 0 radical (unpaired) electrons. The van der Waals surface area contributed by atoms with Crippen LogP contribution in [0.25, 0.3) is 10.4 Å². The van der Waals surface area contributed by atoms with Crippen molar-refractivity contribution >= 4 is 5.82 Å². The highest BCUT2D eigenvalue weighted by molar-refractivity contribution is 5.33. The van der Waals surface area contributed by atoms with E-state index in [4.69, 9.17) is 10.3 Å². The van der Waals surface area contributed by atoms with E-state index in [0.717, 1.165) is 30.3 Å². The number of ether oxygens (including phenoxy) is 1. The van der Waals surface area contributed by atoms with Gasteiger partial charge in [0.1, 0.15) is 11.9 Å². The van der Waals surface area contributed by atoms with E-state index in [1.54, 1.807) is 0 Å². The Bertz CT molecular complexity index is 748. The van der Waals surface area contributed by atoms with Crippen LogP contribution in [0, 0.1) is 0 Å². The summed E-state index contributed by atoms with van der Waals surface area (Å²) in [6.45, 7) is -0.932. The minimum absolute atomic E-state index is 0.247. The maximum Gasteiger partial charge on any atom is 0.351 e. The second-order valence-corrected chi connectivity index (χ2v) is 6.57. The Hall–Kier alpha value is -2.20. The highest BCUT2D eigenvalue weighted by Gasteiger charge is 2.56. The Morgan fingerprint density at radius 2 is 2.23 bits per heavy atom. The third kappa shape index (κ3) is 3.38. The molecule has 142 valence electrons. The Morgan fingerprint density at radius 3 is 2.85 bits per heavy atom. The van der Waals surface area contributed by atoms with Crippen LogP contribution in [0.1, 0.15) is 38.3 Å². The summed E-state index contributed by atoms with van der Waals surface area (Å²) in [5.74, 6) is 0.385. The van der Waals surface area contributed by atoms with Crippen molar-refractivity contribution in [3.63, 3.8) is 0 Å². The van der Waals surface area contributed by atoms with Crippen molar-refractivity contribution in [1.82, 2.24) is 9.55 Å². The zero-order chi connectivity index (χ0) is 18.7. The van der Waals surface area contributed by atoms with Crippen molar-refractivity contribution in [2.24, 2.45) is 5.11 Å². The van der Waals surface area contributed by atoms with Crippen LogP contribution in [0.15, 0.2) is 22.2 Å². The first kappa shape index (κ1) is 18.6. The van der Waals surface area contributed by atoms with Gasteiger partial charge in [-0.3, -0.25) is 4.57 Å². The molecule has 1 saturated carbocycles. The van der Waals surface area contributed by atoms with Gasteiger partial charge in [-0.15, -0.1) is 0 Å². The van der Waals surface area contributed by atoms with Gasteiger partial charge in [0.25, 0.3) is 0 Å². The molecule has 11 heteroatoms. The van der Waals surface area contributed by atoms with Gasteiger partial charge in [-0.05, 0) is 24.4 Å². The fraction of sp³-hybridized carbons (Fsp3) is 0.733. The maximum absolute atomic E-state index is 14.5. The van der Waals surface area contributed by atoms with Gasteiger partial charge >= 0.3 is 5.69 Å². The number of aliphatic hydroxyl groups is 2. The van der Waals surface area contributed by atoms with Crippen LogP contribution in [0.3, 0.4) is 0 Å². The van der Waals surface area contributed by atoms with Gasteiger partial charge in [-0.2, -0.15) is 4.98 Å². The monoisotopic (exact) mass is 368 g/mol. The van der Waals surface area contributed by atoms with Crippen LogP contribution >= 0.6 is 0 Å². The molecule has 2 heterocycles. The Balaban J connectivity index is 1.81. The summed E-state index contributed by atoms with van der Waals surface area (Å²) in [4.78, 5) is 18.7. The van der Waals surface area contributed by atoms with E-state index < -0.39 is 36.5 Å². The first-order valence-corrected chi connectivity index (χ1v) is 8.53. The summed E-state index contributed by atoms with van der Waals surface area (Å²) < 4.78 is 20.5. The molecule has 1 aliphatic carbocycles. The van der Waals surface area contributed by atoms with Crippen LogP contribution in [0.4, 0.5) is 10.2 Å². The van der Waals surface area contributed by atoms with Crippen molar-refractivity contribution in [2.75, 3.05) is 11.9 Å². The van der Waals surface area contributed by atoms with Crippen molar-refractivity contribution in [1.29, 1.82) is 0 Å². The lowest BCUT2D eigenvalue weighted by Crippen LogP contribution is -2.43. The fourth-order valence-electron chi connectivity index (χ4n) is 3.42. The molecule has 4 atom stereocenters. The zero-order valence-electron chi connectivity index (χ0n) is 14.0. The lowest BCUT2D eigenvalue weighted by Gasteiger charge is -2.24. The van der Waals surface area contributed by atoms with Gasteiger partial charge < -0.3 is 20.3 Å². The van der Waals surface area contributed by atoms with Gasteiger partial charge in [0.2, 0.25) is 5.72 Å². The van der Waals surface area contributed by atoms with Crippen LogP contribution in [0.5, 0.6) is 0 Å². The maximum atomic E-state index is 14.5. The molecule has 0 bridgehead atoms. The number of aliphatic hydroxyl groups excluding tert-OH is 2. The smallest absolute Gasteiger partial charge is 0.351 e. The summed E-state index contributed by atoms with van der Waals surface area (Å²) in [5, 5.41) is 25.7. The number of nitrogens with zero attached hydrogens (tertiary/aromatic N) is 5. The van der Waals surface area contributed by atoms with E-state index in [1.165, 1.54) is 18.7 Å². The summed E-state index contributed by atoms with van der Waals surface area (Å²) in [6, 6.07) is 1.77. The molecule has 0 spiro atoms. The Morgan fingerprint density at radius 1 is 1.50 bits per heavy atom. The average molecular weight is 368 g/mol. The predicted molar refractivity (Wildman–Crippen MR) is 89.0 cm³/mol. The molecule has 3 rings (SSSR count). The molecule has 10 nitrogen and oxygen atoms in total. The number of azide groups is 1. The second-order valence-electron chi connectivity index (χ2n) is 6.57. The van der Waals surface area contributed by atoms with Gasteiger partial charge in [0.15, 0.2) is 12.4 Å². The molecule has 0 aromatic carbocycles. The molecule has 26 heavy (non-hydrogen) atoms.